The Balaban J connectivity index is 2.75. The number of aryl methyl sites for hydroxylation is 2. The standard InChI is InChI=1S/C9H11IN2O3/c1-6-8(10)9(15)12(5-11-6)4-2-3-7(13)14/h5H,2-4H2,1H3,(H,13,14). The Bertz CT molecular complexity index is 428. The highest BCUT2D eigenvalue weighted by atomic mass is 127. The number of carboxylic acids is 1. The van der Waals surface area contributed by atoms with E-state index >= 15 is 0 Å². The van der Waals surface area contributed by atoms with E-state index in [1.807, 2.05) is 22.6 Å². The van der Waals surface area contributed by atoms with Crippen LogP contribution in [0.1, 0.15) is 18.5 Å². The van der Waals surface area contributed by atoms with Gasteiger partial charge in [0.05, 0.1) is 15.6 Å². The minimum Gasteiger partial charge on any atom is -0.481 e. The van der Waals surface area contributed by atoms with E-state index in [1.54, 1.807) is 6.92 Å². The number of rotatable bonds is 4. The quantitative estimate of drug-likeness (QED) is 0.840. The van der Waals surface area contributed by atoms with Crippen LogP contribution in [0, 0.1) is 10.5 Å². The van der Waals surface area contributed by atoms with Crippen molar-refractivity contribution >= 4 is 28.6 Å². The van der Waals surface area contributed by atoms with Gasteiger partial charge in [-0.15, -0.1) is 0 Å². The molecule has 0 saturated heterocycles. The van der Waals surface area contributed by atoms with Crippen molar-refractivity contribution in [3.05, 3.63) is 25.9 Å². The smallest absolute Gasteiger partial charge is 0.303 e. The molecule has 0 radical (unpaired) electrons. The van der Waals surface area contributed by atoms with E-state index in [0.717, 1.165) is 0 Å². The van der Waals surface area contributed by atoms with Crippen LogP contribution in [0.2, 0.25) is 0 Å². The number of carbonyl (C=O) groups is 1. The molecule has 1 N–H and O–H groups in total. The second kappa shape index (κ2) is 5.24. The van der Waals surface area contributed by atoms with Crippen molar-refractivity contribution in [2.24, 2.45) is 0 Å². The molecule has 0 unspecified atom stereocenters. The average molecular weight is 322 g/mol. The maximum atomic E-state index is 11.6. The molecule has 6 heteroatoms. The normalized spacial score (nSPS) is 10.3. The minimum atomic E-state index is -0.849. The Hall–Kier alpha value is -0.920. The van der Waals surface area contributed by atoms with Gasteiger partial charge in [0.2, 0.25) is 0 Å². The number of aromatic nitrogens is 2. The lowest BCUT2D eigenvalue weighted by Crippen LogP contribution is -2.24. The first-order valence-electron chi connectivity index (χ1n) is 4.45. The zero-order valence-corrected chi connectivity index (χ0v) is 10.4. The van der Waals surface area contributed by atoms with Gasteiger partial charge in [0.15, 0.2) is 0 Å². The van der Waals surface area contributed by atoms with Gasteiger partial charge in [-0.05, 0) is 35.9 Å². The first kappa shape index (κ1) is 12.2. The summed E-state index contributed by atoms with van der Waals surface area (Å²) in [4.78, 5) is 26.0. The van der Waals surface area contributed by atoms with Crippen LogP contribution < -0.4 is 5.56 Å². The van der Waals surface area contributed by atoms with E-state index in [4.69, 9.17) is 5.11 Å². The fourth-order valence-corrected chi connectivity index (χ4v) is 1.56. The summed E-state index contributed by atoms with van der Waals surface area (Å²) >= 11 is 1.95. The van der Waals surface area contributed by atoms with Crippen LogP contribution in [0.15, 0.2) is 11.1 Å². The minimum absolute atomic E-state index is 0.0664. The third kappa shape index (κ3) is 3.29. The molecule has 0 atom stereocenters. The topological polar surface area (TPSA) is 72.2 Å². The van der Waals surface area contributed by atoms with E-state index in [9.17, 15) is 9.59 Å². The van der Waals surface area contributed by atoms with Crippen LogP contribution in [0.5, 0.6) is 0 Å². The maximum Gasteiger partial charge on any atom is 0.303 e. The predicted octanol–water partition coefficient (Wildman–Crippen LogP) is 1.02. The molecule has 0 aliphatic heterocycles. The van der Waals surface area contributed by atoms with Gasteiger partial charge >= 0.3 is 5.97 Å². The maximum absolute atomic E-state index is 11.6. The molecule has 1 rings (SSSR count). The molecular weight excluding hydrogens is 311 g/mol. The van der Waals surface area contributed by atoms with Crippen molar-refractivity contribution in [1.82, 2.24) is 9.55 Å². The van der Waals surface area contributed by atoms with Crippen molar-refractivity contribution in [3.8, 4) is 0 Å². The molecule has 15 heavy (non-hydrogen) atoms. The molecule has 0 amide bonds. The number of nitrogens with zero attached hydrogens (tertiary/aromatic N) is 2. The molecule has 0 saturated carbocycles. The summed E-state index contributed by atoms with van der Waals surface area (Å²) in [6, 6.07) is 0. The summed E-state index contributed by atoms with van der Waals surface area (Å²) < 4.78 is 2.03. The third-order valence-electron chi connectivity index (χ3n) is 1.95. The molecule has 82 valence electrons. The van der Waals surface area contributed by atoms with Crippen molar-refractivity contribution in [1.29, 1.82) is 0 Å². The first-order chi connectivity index (χ1) is 7.02. The van der Waals surface area contributed by atoms with Crippen LogP contribution in [0.4, 0.5) is 0 Å². The van der Waals surface area contributed by atoms with E-state index in [2.05, 4.69) is 4.98 Å². The number of carboxylic acid groups (broad SMARTS) is 1. The molecule has 0 aliphatic rings. The van der Waals surface area contributed by atoms with Crippen molar-refractivity contribution in [3.63, 3.8) is 0 Å². The van der Waals surface area contributed by atoms with Crippen LogP contribution in [0.25, 0.3) is 0 Å². The molecular formula is C9H11IN2O3. The summed E-state index contributed by atoms with van der Waals surface area (Å²) in [5, 5.41) is 8.46. The van der Waals surface area contributed by atoms with Gasteiger partial charge in [-0.2, -0.15) is 0 Å². The van der Waals surface area contributed by atoms with Crippen LogP contribution in [-0.4, -0.2) is 20.6 Å². The van der Waals surface area contributed by atoms with Gasteiger partial charge in [0, 0.05) is 13.0 Å². The Labute approximate surface area is 100 Å². The third-order valence-corrected chi connectivity index (χ3v) is 3.19. The molecule has 0 fully saturated rings. The molecule has 0 spiro atoms. The highest BCUT2D eigenvalue weighted by molar-refractivity contribution is 14.1. The van der Waals surface area contributed by atoms with E-state index < -0.39 is 5.97 Å². The molecule has 0 aliphatic carbocycles. The number of hydrogen-bond acceptors (Lipinski definition) is 3. The second-order valence-corrected chi connectivity index (χ2v) is 4.22. The van der Waals surface area contributed by atoms with Crippen LogP contribution >= 0.6 is 22.6 Å². The lowest BCUT2D eigenvalue weighted by atomic mass is 10.3. The molecule has 0 aromatic carbocycles. The van der Waals surface area contributed by atoms with Gasteiger partial charge < -0.3 is 5.11 Å². The van der Waals surface area contributed by atoms with Gasteiger partial charge in [0.1, 0.15) is 0 Å². The van der Waals surface area contributed by atoms with E-state index in [-0.39, 0.29) is 12.0 Å². The largest absolute Gasteiger partial charge is 0.481 e. The molecule has 1 aromatic rings. The first-order valence-corrected chi connectivity index (χ1v) is 5.53. The second-order valence-electron chi connectivity index (χ2n) is 3.14. The molecule has 1 aromatic heterocycles. The highest BCUT2D eigenvalue weighted by Gasteiger charge is 2.05. The molecule has 5 nitrogen and oxygen atoms in total. The summed E-state index contributed by atoms with van der Waals surface area (Å²) in [7, 11) is 0. The monoisotopic (exact) mass is 322 g/mol. The van der Waals surface area contributed by atoms with E-state index in [0.29, 0.717) is 22.2 Å². The Morgan fingerprint density at radius 2 is 2.33 bits per heavy atom. The van der Waals surface area contributed by atoms with Crippen LogP contribution in [-0.2, 0) is 11.3 Å². The van der Waals surface area contributed by atoms with Gasteiger partial charge in [-0.3, -0.25) is 14.2 Å². The zero-order chi connectivity index (χ0) is 11.4. The van der Waals surface area contributed by atoms with Gasteiger partial charge in [0.25, 0.3) is 5.56 Å². The SMILES string of the molecule is Cc1ncn(CCCC(=O)O)c(=O)c1I. The average Bonchev–Trinajstić information content (AvgIpc) is 2.18. The van der Waals surface area contributed by atoms with Crippen molar-refractivity contribution < 1.29 is 9.90 Å². The Morgan fingerprint density at radius 1 is 1.67 bits per heavy atom. The Morgan fingerprint density at radius 3 is 2.93 bits per heavy atom. The number of aliphatic carboxylic acids is 1. The summed E-state index contributed by atoms with van der Waals surface area (Å²) in [6.07, 6.45) is 1.97. The molecule has 0 bridgehead atoms. The summed E-state index contributed by atoms with van der Waals surface area (Å²) in [6.45, 7) is 2.17. The lowest BCUT2D eigenvalue weighted by molar-refractivity contribution is -0.137. The predicted molar refractivity (Wildman–Crippen MR) is 62.8 cm³/mol. The number of halogens is 1. The van der Waals surface area contributed by atoms with E-state index in [1.165, 1.54) is 10.9 Å². The van der Waals surface area contributed by atoms with Crippen molar-refractivity contribution in [2.45, 2.75) is 26.3 Å². The van der Waals surface area contributed by atoms with Gasteiger partial charge in [-0.25, -0.2) is 4.98 Å². The number of hydrogen-bond donors (Lipinski definition) is 1. The lowest BCUT2D eigenvalue weighted by Gasteiger charge is -2.05. The highest BCUT2D eigenvalue weighted by Crippen LogP contribution is 2.02. The molecule has 1 heterocycles. The van der Waals surface area contributed by atoms with Gasteiger partial charge in [-0.1, -0.05) is 0 Å². The summed E-state index contributed by atoms with van der Waals surface area (Å²) in [5.74, 6) is -0.849. The Kier molecular flexibility index (Phi) is 4.25. The summed E-state index contributed by atoms with van der Waals surface area (Å²) in [5.41, 5.74) is 0.601. The fraction of sp³-hybridized carbons (Fsp3) is 0.444. The fourth-order valence-electron chi connectivity index (χ4n) is 1.11. The zero-order valence-electron chi connectivity index (χ0n) is 8.23. The van der Waals surface area contributed by atoms with Crippen LogP contribution in [0.3, 0.4) is 0 Å². The van der Waals surface area contributed by atoms with Crippen molar-refractivity contribution in [2.75, 3.05) is 0 Å².